The van der Waals surface area contributed by atoms with Gasteiger partial charge in [0.15, 0.2) is 12.4 Å². The number of carbonyl (C=O) groups is 2. The number of anilines is 1. The molecular weight excluding hydrogens is 346 g/mol. The number of amides is 1. The van der Waals surface area contributed by atoms with Crippen molar-refractivity contribution in [3.63, 3.8) is 0 Å². The Kier molecular flexibility index (Phi) is 4.06. The fraction of sp³-hybridized carbons (Fsp3) is 0.0588. The summed E-state index contributed by atoms with van der Waals surface area (Å²) in [4.78, 5) is 23.6. The van der Waals surface area contributed by atoms with Crippen molar-refractivity contribution < 1.29 is 14.3 Å². The molecule has 1 amide bonds. The molecule has 110 valence electrons. The second-order valence-electron chi connectivity index (χ2n) is 4.77. The molecule has 2 aromatic rings. The van der Waals surface area contributed by atoms with E-state index >= 15 is 0 Å². The summed E-state index contributed by atoms with van der Waals surface area (Å²) in [5, 5.41) is 2.69. The highest BCUT2D eigenvalue weighted by Gasteiger charge is 2.17. The second-order valence-corrected chi connectivity index (χ2v) is 5.62. The molecule has 4 nitrogen and oxygen atoms in total. The molecule has 0 aromatic heterocycles. The third-order valence-corrected chi connectivity index (χ3v) is 3.94. The average Bonchev–Trinajstić information content (AvgIpc) is 2.53. The van der Waals surface area contributed by atoms with Crippen molar-refractivity contribution in [3.05, 3.63) is 64.1 Å². The summed E-state index contributed by atoms with van der Waals surface area (Å²) in [7, 11) is 0. The molecule has 0 bridgehead atoms. The van der Waals surface area contributed by atoms with Crippen molar-refractivity contribution in [1.82, 2.24) is 0 Å². The Hall–Kier alpha value is -2.40. The quantitative estimate of drug-likeness (QED) is 0.673. The number of hydrogen-bond acceptors (Lipinski definition) is 3. The van der Waals surface area contributed by atoms with E-state index in [-0.39, 0.29) is 18.3 Å². The van der Waals surface area contributed by atoms with Gasteiger partial charge in [-0.05, 0) is 42.0 Å². The van der Waals surface area contributed by atoms with Gasteiger partial charge in [0.05, 0.1) is 5.69 Å². The van der Waals surface area contributed by atoms with Crippen LogP contribution in [-0.2, 0) is 4.79 Å². The van der Waals surface area contributed by atoms with Crippen LogP contribution >= 0.6 is 15.9 Å². The molecule has 0 spiro atoms. The van der Waals surface area contributed by atoms with Crippen LogP contribution in [0, 0.1) is 0 Å². The Labute approximate surface area is 135 Å². The molecule has 0 radical (unpaired) electrons. The fourth-order valence-corrected chi connectivity index (χ4v) is 2.53. The SMILES string of the molecule is O=C1COc2ccc(C(=O)/C=C/c3ccccc3Br)cc2N1. The van der Waals surface area contributed by atoms with Crippen LogP contribution < -0.4 is 10.1 Å². The van der Waals surface area contributed by atoms with Crippen molar-refractivity contribution in [2.75, 3.05) is 11.9 Å². The summed E-state index contributed by atoms with van der Waals surface area (Å²) in [6.07, 6.45) is 3.26. The topological polar surface area (TPSA) is 55.4 Å². The van der Waals surface area contributed by atoms with Crippen molar-refractivity contribution >= 4 is 39.4 Å². The van der Waals surface area contributed by atoms with Gasteiger partial charge in [-0.1, -0.05) is 34.1 Å². The van der Waals surface area contributed by atoms with E-state index in [4.69, 9.17) is 4.74 Å². The zero-order valence-electron chi connectivity index (χ0n) is 11.5. The summed E-state index contributed by atoms with van der Waals surface area (Å²) in [6, 6.07) is 12.6. The van der Waals surface area contributed by atoms with Crippen LogP contribution in [0.4, 0.5) is 5.69 Å². The van der Waals surface area contributed by atoms with E-state index in [1.807, 2.05) is 24.3 Å². The number of benzene rings is 2. The molecule has 1 aliphatic rings. The number of rotatable bonds is 3. The van der Waals surface area contributed by atoms with Gasteiger partial charge in [0.1, 0.15) is 5.75 Å². The first kappa shape index (κ1) is 14.5. The molecule has 22 heavy (non-hydrogen) atoms. The van der Waals surface area contributed by atoms with Gasteiger partial charge in [-0.2, -0.15) is 0 Å². The molecule has 0 saturated carbocycles. The number of carbonyl (C=O) groups excluding carboxylic acids is 2. The summed E-state index contributed by atoms with van der Waals surface area (Å²) in [5.41, 5.74) is 1.94. The monoisotopic (exact) mass is 357 g/mol. The first-order valence-electron chi connectivity index (χ1n) is 6.67. The van der Waals surface area contributed by atoms with Crippen LogP contribution in [0.15, 0.2) is 53.0 Å². The Morgan fingerprint density at radius 3 is 2.86 bits per heavy atom. The van der Waals surface area contributed by atoms with Gasteiger partial charge in [-0.25, -0.2) is 0 Å². The van der Waals surface area contributed by atoms with E-state index in [9.17, 15) is 9.59 Å². The lowest BCUT2D eigenvalue weighted by molar-refractivity contribution is -0.118. The predicted octanol–water partition coefficient (Wildman–Crippen LogP) is 3.68. The van der Waals surface area contributed by atoms with Crippen molar-refractivity contribution in [1.29, 1.82) is 0 Å². The largest absolute Gasteiger partial charge is 0.482 e. The molecule has 0 fully saturated rings. The number of ketones is 1. The predicted molar refractivity (Wildman–Crippen MR) is 88.1 cm³/mol. The van der Waals surface area contributed by atoms with Crippen LogP contribution in [0.1, 0.15) is 15.9 Å². The Morgan fingerprint density at radius 2 is 2.05 bits per heavy atom. The van der Waals surface area contributed by atoms with Crippen LogP contribution in [0.2, 0.25) is 0 Å². The number of nitrogens with one attached hydrogen (secondary N) is 1. The zero-order chi connectivity index (χ0) is 15.5. The molecule has 1 N–H and O–H groups in total. The molecule has 0 unspecified atom stereocenters. The third-order valence-electron chi connectivity index (χ3n) is 3.22. The molecule has 5 heteroatoms. The van der Waals surface area contributed by atoms with E-state index in [0.717, 1.165) is 10.0 Å². The zero-order valence-corrected chi connectivity index (χ0v) is 13.1. The van der Waals surface area contributed by atoms with E-state index in [0.29, 0.717) is 17.0 Å². The highest BCUT2D eigenvalue weighted by Crippen LogP contribution is 2.28. The Balaban J connectivity index is 1.82. The normalized spacial score (nSPS) is 13.4. The van der Waals surface area contributed by atoms with E-state index in [2.05, 4.69) is 21.2 Å². The van der Waals surface area contributed by atoms with Crippen LogP contribution in [0.5, 0.6) is 5.75 Å². The first-order valence-corrected chi connectivity index (χ1v) is 7.46. The third kappa shape index (κ3) is 3.09. The van der Waals surface area contributed by atoms with E-state index < -0.39 is 0 Å². The minimum absolute atomic E-state index is 0.00221. The maximum atomic E-state index is 12.2. The maximum Gasteiger partial charge on any atom is 0.262 e. The van der Waals surface area contributed by atoms with Crippen molar-refractivity contribution in [2.45, 2.75) is 0 Å². The van der Waals surface area contributed by atoms with Gasteiger partial charge in [0.25, 0.3) is 5.91 Å². The Morgan fingerprint density at radius 1 is 1.23 bits per heavy atom. The smallest absolute Gasteiger partial charge is 0.262 e. The summed E-state index contributed by atoms with van der Waals surface area (Å²) >= 11 is 3.43. The number of hydrogen-bond donors (Lipinski definition) is 1. The van der Waals surface area contributed by atoms with E-state index in [1.165, 1.54) is 6.08 Å². The van der Waals surface area contributed by atoms with Gasteiger partial charge in [-0.15, -0.1) is 0 Å². The number of allylic oxidation sites excluding steroid dienone is 1. The molecule has 2 aromatic carbocycles. The number of ether oxygens (including phenoxy) is 1. The minimum atomic E-state index is -0.221. The first-order chi connectivity index (χ1) is 10.6. The summed E-state index contributed by atoms with van der Waals surface area (Å²) < 4.78 is 6.19. The van der Waals surface area contributed by atoms with Crippen LogP contribution in [0.25, 0.3) is 6.08 Å². The number of fused-ring (bicyclic) bond motifs is 1. The highest BCUT2D eigenvalue weighted by molar-refractivity contribution is 9.10. The lowest BCUT2D eigenvalue weighted by Gasteiger charge is -2.17. The molecule has 3 rings (SSSR count). The highest BCUT2D eigenvalue weighted by atomic mass is 79.9. The minimum Gasteiger partial charge on any atom is -0.482 e. The molecule has 1 aliphatic heterocycles. The van der Waals surface area contributed by atoms with E-state index in [1.54, 1.807) is 24.3 Å². The lowest BCUT2D eigenvalue weighted by Crippen LogP contribution is -2.25. The maximum absolute atomic E-state index is 12.2. The molecular formula is C17H12BrNO3. The van der Waals surface area contributed by atoms with Crippen LogP contribution in [0.3, 0.4) is 0 Å². The fourth-order valence-electron chi connectivity index (χ4n) is 2.11. The molecule has 0 atom stereocenters. The van der Waals surface area contributed by atoms with Gasteiger partial charge in [0.2, 0.25) is 0 Å². The summed E-state index contributed by atoms with van der Waals surface area (Å²) in [6.45, 7) is 0.00221. The van der Waals surface area contributed by atoms with Gasteiger partial charge >= 0.3 is 0 Å². The van der Waals surface area contributed by atoms with Gasteiger partial charge in [-0.3, -0.25) is 9.59 Å². The summed E-state index contributed by atoms with van der Waals surface area (Å²) in [5.74, 6) is 0.213. The van der Waals surface area contributed by atoms with Gasteiger partial charge < -0.3 is 10.1 Å². The van der Waals surface area contributed by atoms with Crippen LogP contribution in [-0.4, -0.2) is 18.3 Å². The molecule has 1 heterocycles. The van der Waals surface area contributed by atoms with Crippen molar-refractivity contribution in [3.8, 4) is 5.75 Å². The van der Waals surface area contributed by atoms with Gasteiger partial charge in [0, 0.05) is 10.0 Å². The second kappa shape index (κ2) is 6.15. The molecule has 0 saturated heterocycles. The lowest BCUT2D eigenvalue weighted by atomic mass is 10.1. The number of halogens is 1. The molecule has 0 aliphatic carbocycles. The average molecular weight is 358 g/mol. The standard InChI is InChI=1S/C17H12BrNO3/c18-13-4-2-1-3-11(13)5-7-15(20)12-6-8-16-14(9-12)19-17(21)10-22-16/h1-9H,10H2,(H,19,21)/b7-5+. The Bertz CT molecular complexity index is 783. The van der Waals surface area contributed by atoms with Crippen molar-refractivity contribution in [2.24, 2.45) is 0 Å².